The van der Waals surface area contributed by atoms with Crippen molar-refractivity contribution in [3.8, 4) is 23.0 Å². The average molecular weight is 340 g/mol. The number of hydrogen-bond donors (Lipinski definition) is 2. The Morgan fingerprint density at radius 2 is 1.92 bits per heavy atom. The third-order valence-electron chi connectivity index (χ3n) is 3.52. The molecule has 3 N–H and O–H groups in total. The third kappa shape index (κ3) is 3.74. The van der Waals surface area contributed by atoms with Crippen LogP contribution < -0.4 is 15.2 Å². The maximum Gasteiger partial charge on any atom is 0.201 e. The Labute approximate surface area is 145 Å². The number of hydrogen-bond acceptors (Lipinski definition) is 7. The zero-order chi connectivity index (χ0) is 17.6. The van der Waals surface area contributed by atoms with Gasteiger partial charge in [0.1, 0.15) is 11.5 Å². The van der Waals surface area contributed by atoms with Gasteiger partial charge < -0.3 is 15.2 Å². The van der Waals surface area contributed by atoms with E-state index in [2.05, 4.69) is 25.1 Å². The van der Waals surface area contributed by atoms with E-state index < -0.39 is 6.04 Å². The van der Waals surface area contributed by atoms with Gasteiger partial charge in [0.05, 0.1) is 25.5 Å². The zero-order valence-electron chi connectivity index (χ0n) is 14.1. The third-order valence-corrected chi connectivity index (χ3v) is 3.52. The summed E-state index contributed by atoms with van der Waals surface area (Å²) in [6, 6.07) is 5.13. The highest BCUT2D eigenvalue weighted by Gasteiger charge is 2.17. The van der Waals surface area contributed by atoms with Gasteiger partial charge in [-0.25, -0.2) is 9.97 Å². The van der Waals surface area contributed by atoms with E-state index in [1.54, 1.807) is 18.6 Å². The number of H-pyrrole nitrogens is 1. The molecule has 0 saturated heterocycles. The number of rotatable bonds is 7. The highest BCUT2D eigenvalue weighted by Crippen LogP contribution is 2.31. The van der Waals surface area contributed by atoms with Gasteiger partial charge in [-0.05, 0) is 31.5 Å². The largest absolute Gasteiger partial charge is 0.490 e. The van der Waals surface area contributed by atoms with Gasteiger partial charge in [0, 0.05) is 12.4 Å². The Kier molecular flexibility index (Phi) is 5.20. The van der Waals surface area contributed by atoms with Gasteiger partial charge in [0.2, 0.25) is 5.82 Å². The maximum absolute atomic E-state index is 6.33. The first-order valence-electron chi connectivity index (χ1n) is 8.06. The summed E-state index contributed by atoms with van der Waals surface area (Å²) in [6.45, 7) is 4.96. The lowest BCUT2D eigenvalue weighted by Crippen LogP contribution is -2.14. The minimum atomic E-state index is -0.479. The molecule has 3 aromatic rings. The number of aromatic amines is 1. The van der Waals surface area contributed by atoms with Crippen molar-refractivity contribution >= 4 is 0 Å². The summed E-state index contributed by atoms with van der Waals surface area (Å²) in [4.78, 5) is 12.6. The second-order valence-electron chi connectivity index (χ2n) is 5.18. The van der Waals surface area contributed by atoms with E-state index in [0.717, 1.165) is 5.56 Å². The highest BCUT2D eigenvalue weighted by molar-refractivity contribution is 5.48. The molecular weight excluding hydrogens is 320 g/mol. The Morgan fingerprint density at radius 3 is 2.64 bits per heavy atom. The minimum absolute atomic E-state index is 0.453. The SMILES string of the molecule is CCOc1ccc([C@H](N)c2nc(-c3cnccn3)n[nH]2)cc1OCC. The first-order valence-corrected chi connectivity index (χ1v) is 8.06. The van der Waals surface area contributed by atoms with E-state index in [4.69, 9.17) is 15.2 Å². The van der Waals surface area contributed by atoms with Crippen LogP contribution in [0, 0.1) is 0 Å². The number of nitrogens with two attached hydrogens (primary N) is 1. The van der Waals surface area contributed by atoms with Crippen LogP contribution in [0.15, 0.2) is 36.8 Å². The van der Waals surface area contributed by atoms with E-state index in [-0.39, 0.29) is 0 Å². The molecule has 0 saturated carbocycles. The smallest absolute Gasteiger partial charge is 0.201 e. The van der Waals surface area contributed by atoms with Crippen molar-refractivity contribution in [1.29, 1.82) is 0 Å². The molecule has 0 radical (unpaired) electrons. The number of nitrogens with one attached hydrogen (secondary N) is 1. The molecule has 1 atom stereocenters. The Balaban J connectivity index is 1.86. The van der Waals surface area contributed by atoms with Crippen molar-refractivity contribution in [1.82, 2.24) is 25.1 Å². The summed E-state index contributed by atoms with van der Waals surface area (Å²) >= 11 is 0. The number of nitrogens with zero attached hydrogens (tertiary/aromatic N) is 4. The van der Waals surface area contributed by atoms with Crippen LogP contribution in [-0.2, 0) is 0 Å². The van der Waals surface area contributed by atoms with Gasteiger partial charge in [0.25, 0.3) is 0 Å². The molecule has 2 heterocycles. The number of benzene rings is 1. The molecule has 2 aromatic heterocycles. The van der Waals surface area contributed by atoms with Crippen LogP contribution in [0.5, 0.6) is 11.5 Å². The fourth-order valence-corrected chi connectivity index (χ4v) is 2.36. The van der Waals surface area contributed by atoms with E-state index in [1.165, 1.54) is 0 Å². The van der Waals surface area contributed by atoms with Crippen LogP contribution in [0.2, 0.25) is 0 Å². The lowest BCUT2D eigenvalue weighted by molar-refractivity contribution is 0.287. The first kappa shape index (κ1) is 16.8. The first-order chi connectivity index (χ1) is 12.2. The van der Waals surface area contributed by atoms with Gasteiger partial charge in [-0.1, -0.05) is 6.07 Å². The molecule has 0 spiro atoms. The number of aromatic nitrogens is 5. The Morgan fingerprint density at radius 1 is 1.12 bits per heavy atom. The minimum Gasteiger partial charge on any atom is -0.490 e. The molecule has 0 amide bonds. The Hall–Kier alpha value is -3.00. The predicted molar refractivity (Wildman–Crippen MR) is 92.2 cm³/mol. The molecule has 130 valence electrons. The second-order valence-corrected chi connectivity index (χ2v) is 5.18. The van der Waals surface area contributed by atoms with Crippen molar-refractivity contribution in [3.05, 3.63) is 48.2 Å². The van der Waals surface area contributed by atoms with Crippen molar-refractivity contribution in [2.45, 2.75) is 19.9 Å². The summed E-state index contributed by atoms with van der Waals surface area (Å²) in [5.74, 6) is 2.34. The van der Waals surface area contributed by atoms with Crippen LogP contribution in [0.4, 0.5) is 0 Å². The molecule has 0 unspecified atom stereocenters. The van der Waals surface area contributed by atoms with E-state index in [1.807, 2.05) is 32.0 Å². The molecule has 8 nitrogen and oxygen atoms in total. The second kappa shape index (κ2) is 7.71. The van der Waals surface area contributed by atoms with Crippen LogP contribution in [-0.4, -0.2) is 38.4 Å². The standard InChI is InChI=1S/C17H20N6O2/c1-3-24-13-6-5-11(9-14(13)25-4-2)15(18)17-21-16(22-23-17)12-10-19-7-8-20-12/h5-10,15H,3-4,18H2,1-2H3,(H,21,22,23)/t15-/m0/s1. The predicted octanol–water partition coefficient (Wildman–Crippen LogP) is 2.11. The normalized spacial score (nSPS) is 12.0. The fourth-order valence-electron chi connectivity index (χ4n) is 2.36. The maximum atomic E-state index is 6.33. The summed E-state index contributed by atoms with van der Waals surface area (Å²) < 4.78 is 11.2. The van der Waals surface area contributed by atoms with Gasteiger partial charge in [0.15, 0.2) is 11.5 Å². The summed E-state index contributed by atoms with van der Waals surface area (Å²) in [6.07, 6.45) is 4.78. The summed E-state index contributed by atoms with van der Waals surface area (Å²) in [7, 11) is 0. The van der Waals surface area contributed by atoms with Gasteiger partial charge in [-0.2, -0.15) is 5.10 Å². The molecule has 1 aromatic carbocycles. The van der Waals surface area contributed by atoms with Gasteiger partial charge in [-0.3, -0.25) is 10.1 Å². The van der Waals surface area contributed by atoms with Crippen LogP contribution in [0.25, 0.3) is 11.5 Å². The fraction of sp³-hybridized carbons (Fsp3) is 0.294. The van der Waals surface area contributed by atoms with Gasteiger partial charge in [-0.15, -0.1) is 0 Å². The molecule has 25 heavy (non-hydrogen) atoms. The summed E-state index contributed by atoms with van der Waals surface area (Å²) in [5.41, 5.74) is 7.75. The van der Waals surface area contributed by atoms with Crippen molar-refractivity contribution in [2.75, 3.05) is 13.2 Å². The molecule has 0 fully saturated rings. The van der Waals surface area contributed by atoms with Crippen molar-refractivity contribution < 1.29 is 9.47 Å². The van der Waals surface area contributed by atoms with E-state index in [9.17, 15) is 0 Å². The molecule has 0 bridgehead atoms. The lowest BCUT2D eigenvalue weighted by Gasteiger charge is -2.14. The monoisotopic (exact) mass is 340 g/mol. The highest BCUT2D eigenvalue weighted by atomic mass is 16.5. The zero-order valence-corrected chi connectivity index (χ0v) is 14.1. The molecule has 0 aliphatic rings. The van der Waals surface area contributed by atoms with Crippen LogP contribution >= 0.6 is 0 Å². The van der Waals surface area contributed by atoms with Crippen molar-refractivity contribution in [2.24, 2.45) is 5.73 Å². The quantitative estimate of drug-likeness (QED) is 0.677. The molecular formula is C17H20N6O2. The topological polar surface area (TPSA) is 112 Å². The number of ether oxygens (including phenoxy) is 2. The molecule has 0 aliphatic heterocycles. The van der Waals surface area contributed by atoms with E-state index in [0.29, 0.717) is 42.1 Å². The Bertz CT molecular complexity index is 821. The van der Waals surface area contributed by atoms with Gasteiger partial charge >= 0.3 is 0 Å². The average Bonchev–Trinajstić information content (AvgIpc) is 3.14. The van der Waals surface area contributed by atoms with Crippen LogP contribution in [0.3, 0.4) is 0 Å². The van der Waals surface area contributed by atoms with Crippen molar-refractivity contribution in [3.63, 3.8) is 0 Å². The summed E-state index contributed by atoms with van der Waals surface area (Å²) in [5, 5.41) is 7.03. The van der Waals surface area contributed by atoms with E-state index >= 15 is 0 Å². The molecule has 8 heteroatoms. The van der Waals surface area contributed by atoms with Crippen LogP contribution in [0.1, 0.15) is 31.3 Å². The molecule has 3 rings (SSSR count). The lowest BCUT2D eigenvalue weighted by atomic mass is 10.1. The molecule has 0 aliphatic carbocycles.